The third kappa shape index (κ3) is 5.05. The first-order valence-electron chi connectivity index (χ1n) is 10.7. The Hall–Kier alpha value is -3.29. The van der Waals surface area contributed by atoms with Crippen LogP contribution in [0.5, 0.6) is 0 Å². The number of hydrogen-bond acceptors (Lipinski definition) is 4. The molecule has 0 radical (unpaired) electrons. The van der Waals surface area contributed by atoms with Crippen molar-refractivity contribution in [1.29, 1.82) is 0 Å². The quantitative estimate of drug-likeness (QED) is 0.583. The summed E-state index contributed by atoms with van der Waals surface area (Å²) in [6.45, 7) is 6.14. The van der Waals surface area contributed by atoms with E-state index in [2.05, 4.69) is 15.4 Å². The Morgan fingerprint density at radius 3 is 2.67 bits per heavy atom. The van der Waals surface area contributed by atoms with E-state index in [-0.39, 0.29) is 37.4 Å². The van der Waals surface area contributed by atoms with E-state index in [1.165, 1.54) is 6.07 Å². The Kier molecular flexibility index (Phi) is 7.15. The first-order chi connectivity index (χ1) is 15.2. The molecule has 0 spiro atoms. The molecule has 1 aliphatic heterocycles. The van der Waals surface area contributed by atoms with Crippen molar-refractivity contribution in [2.24, 2.45) is 5.92 Å². The fourth-order valence-corrected chi connectivity index (χ4v) is 4.29. The van der Waals surface area contributed by atoms with E-state index in [1.54, 1.807) is 10.9 Å². The van der Waals surface area contributed by atoms with Crippen LogP contribution in [0.3, 0.4) is 0 Å². The summed E-state index contributed by atoms with van der Waals surface area (Å²) in [6.07, 6.45) is 4.99. The molecule has 0 aliphatic carbocycles. The van der Waals surface area contributed by atoms with Crippen molar-refractivity contribution in [2.75, 3.05) is 17.3 Å². The summed E-state index contributed by atoms with van der Waals surface area (Å²) in [4.78, 5) is 19.2. The van der Waals surface area contributed by atoms with E-state index in [0.29, 0.717) is 12.8 Å². The molecule has 6 nitrogen and oxygen atoms in total. The predicted octanol–water partition coefficient (Wildman–Crippen LogP) is 4.75. The van der Waals surface area contributed by atoms with Crippen molar-refractivity contribution >= 4 is 17.3 Å². The minimum atomic E-state index is -0.469. The van der Waals surface area contributed by atoms with E-state index in [0.717, 1.165) is 40.5 Å². The molecule has 1 aliphatic rings. The molecule has 33 heavy (non-hydrogen) atoms. The van der Waals surface area contributed by atoms with Gasteiger partial charge in [-0.25, -0.2) is 8.78 Å². The topological polar surface area (TPSA) is 63.1 Å². The van der Waals surface area contributed by atoms with Gasteiger partial charge in [0.2, 0.25) is 5.91 Å². The summed E-state index contributed by atoms with van der Waals surface area (Å²) in [7, 11) is 1.95. The Morgan fingerprint density at radius 2 is 1.94 bits per heavy atom. The Morgan fingerprint density at radius 1 is 1.18 bits per heavy atom. The van der Waals surface area contributed by atoms with Gasteiger partial charge in [0, 0.05) is 24.5 Å². The van der Waals surface area contributed by atoms with Gasteiger partial charge in [-0.1, -0.05) is 21.3 Å². The lowest BCUT2D eigenvalue weighted by atomic mass is 9.97. The largest absolute Gasteiger partial charge is 0.361 e. The first kappa shape index (κ1) is 24.4. The van der Waals surface area contributed by atoms with Crippen LogP contribution in [0.4, 0.5) is 20.2 Å². The molecule has 3 aromatic rings. The molecule has 8 heteroatoms. The minimum Gasteiger partial charge on any atom is -0.361 e. The molecule has 1 N–H and O–H groups in total. The molecule has 1 atom stereocenters. The van der Waals surface area contributed by atoms with E-state index < -0.39 is 11.6 Å². The highest BCUT2D eigenvalue weighted by molar-refractivity contribution is 6.04. The SMILES string of the molecule is C.Cc1nc(CCc2cnn(Cc3cc(F)ccc3F)c2)cc2c1NC(=O)[C@H](C(C)C)N2C. The van der Waals surface area contributed by atoms with Crippen LogP contribution >= 0.6 is 0 Å². The average Bonchev–Trinajstić information content (AvgIpc) is 3.17. The van der Waals surface area contributed by atoms with Crippen molar-refractivity contribution in [3.05, 3.63) is 70.8 Å². The number of carbonyl (C=O) groups excluding carboxylic acids is 1. The molecule has 4 rings (SSSR count). The number of pyridine rings is 1. The van der Waals surface area contributed by atoms with E-state index in [1.807, 2.05) is 45.0 Å². The highest BCUT2D eigenvalue weighted by Gasteiger charge is 2.34. The Balaban J connectivity index is 0.00000306. The molecule has 1 amide bonds. The number of rotatable bonds is 6. The maximum Gasteiger partial charge on any atom is 0.247 e. The monoisotopic (exact) mass is 455 g/mol. The van der Waals surface area contributed by atoms with Crippen molar-refractivity contribution in [3.63, 3.8) is 0 Å². The second-order valence-electron chi connectivity index (χ2n) is 8.66. The molecule has 2 aromatic heterocycles. The molecule has 0 saturated carbocycles. The van der Waals surface area contributed by atoms with Gasteiger partial charge >= 0.3 is 0 Å². The summed E-state index contributed by atoms with van der Waals surface area (Å²) in [6, 6.07) is 5.23. The van der Waals surface area contributed by atoms with Crippen molar-refractivity contribution in [2.45, 2.75) is 53.6 Å². The third-order valence-corrected chi connectivity index (χ3v) is 5.87. The summed E-state index contributed by atoms with van der Waals surface area (Å²) < 4.78 is 28.9. The summed E-state index contributed by atoms with van der Waals surface area (Å²) >= 11 is 0. The highest BCUT2D eigenvalue weighted by atomic mass is 19.1. The zero-order chi connectivity index (χ0) is 23.0. The van der Waals surface area contributed by atoms with Crippen LogP contribution in [0.2, 0.25) is 0 Å². The lowest BCUT2D eigenvalue weighted by Gasteiger charge is -2.38. The van der Waals surface area contributed by atoms with Crippen LogP contribution in [0, 0.1) is 24.5 Å². The number of carbonyl (C=O) groups is 1. The number of anilines is 2. The maximum absolute atomic E-state index is 13.9. The highest BCUT2D eigenvalue weighted by Crippen LogP contribution is 2.35. The molecular formula is C25H31F2N5O. The van der Waals surface area contributed by atoms with Gasteiger partial charge in [0.25, 0.3) is 0 Å². The normalized spacial score (nSPS) is 15.3. The van der Waals surface area contributed by atoms with Crippen LogP contribution < -0.4 is 10.2 Å². The second-order valence-corrected chi connectivity index (χ2v) is 8.66. The number of nitrogens with zero attached hydrogens (tertiary/aromatic N) is 4. The third-order valence-electron chi connectivity index (χ3n) is 5.87. The van der Waals surface area contributed by atoms with Gasteiger partial charge in [0.15, 0.2) is 0 Å². The molecule has 0 saturated heterocycles. The zero-order valence-corrected chi connectivity index (χ0v) is 18.7. The molecule has 3 heterocycles. The van der Waals surface area contributed by atoms with Crippen LogP contribution in [0.1, 0.15) is 43.8 Å². The predicted molar refractivity (Wildman–Crippen MR) is 126 cm³/mol. The summed E-state index contributed by atoms with van der Waals surface area (Å²) in [5.41, 5.74) is 4.70. The maximum atomic E-state index is 13.9. The van der Waals surface area contributed by atoms with Gasteiger partial charge in [-0.3, -0.25) is 14.5 Å². The molecule has 0 bridgehead atoms. The molecule has 176 valence electrons. The number of likely N-dealkylation sites (N-methyl/N-ethyl adjacent to an activating group) is 1. The van der Waals surface area contributed by atoms with E-state index in [4.69, 9.17) is 0 Å². The standard InChI is InChI=1S/C24H27F2N5O.CH4/c1-14(2)23-24(32)29-22-15(3)28-19(10-21(22)30(23)4)7-5-16-11-27-31(12-16)13-17-9-18(25)6-8-20(17)26;/h6,8-12,14,23H,5,7,13H2,1-4H3,(H,29,32);1H4/t23-;/m0./s1. The van der Waals surface area contributed by atoms with Gasteiger partial charge in [0.1, 0.15) is 17.7 Å². The van der Waals surface area contributed by atoms with Crippen molar-refractivity contribution in [1.82, 2.24) is 14.8 Å². The fraction of sp³-hybridized carbons (Fsp3) is 0.400. The first-order valence-corrected chi connectivity index (χ1v) is 10.7. The van der Waals surface area contributed by atoms with Gasteiger partial charge < -0.3 is 10.2 Å². The van der Waals surface area contributed by atoms with E-state index >= 15 is 0 Å². The van der Waals surface area contributed by atoms with Gasteiger partial charge in [-0.05, 0) is 55.5 Å². The lowest BCUT2D eigenvalue weighted by molar-refractivity contribution is -0.118. The Labute approximate surface area is 193 Å². The number of aryl methyl sites for hydroxylation is 3. The summed E-state index contributed by atoms with van der Waals surface area (Å²) in [5, 5.41) is 7.30. The van der Waals surface area contributed by atoms with E-state index in [9.17, 15) is 13.6 Å². The molecular weight excluding hydrogens is 424 g/mol. The molecule has 1 aromatic carbocycles. The summed E-state index contributed by atoms with van der Waals surface area (Å²) in [5.74, 6) is -0.745. The average molecular weight is 456 g/mol. The number of nitrogens with one attached hydrogen (secondary N) is 1. The second kappa shape index (κ2) is 9.68. The molecule has 0 fully saturated rings. The molecule has 0 unspecified atom stereocenters. The van der Waals surface area contributed by atoms with Crippen LogP contribution in [0.15, 0.2) is 36.7 Å². The van der Waals surface area contributed by atoms with Crippen LogP contribution in [0.25, 0.3) is 0 Å². The van der Waals surface area contributed by atoms with Crippen LogP contribution in [-0.2, 0) is 24.2 Å². The van der Waals surface area contributed by atoms with Crippen LogP contribution in [-0.4, -0.2) is 33.8 Å². The van der Waals surface area contributed by atoms with Gasteiger partial charge in [0.05, 0.1) is 29.8 Å². The minimum absolute atomic E-state index is 0. The fourth-order valence-electron chi connectivity index (χ4n) is 4.29. The number of hydrogen-bond donors (Lipinski definition) is 1. The number of aromatic nitrogens is 3. The van der Waals surface area contributed by atoms with Crippen molar-refractivity contribution < 1.29 is 13.6 Å². The van der Waals surface area contributed by atoms with Crippen molar-refractivity contribution in [3.8, 4) is 0 Å². The number of benzene rings is 1. The Bertz CT molecular complexity index is 1160. The number of halogens is 2. The van der Waals surface area contributed by atoms with Gasteiger partial charge in [-0.15, -0.1) is 0 Å². The van der Waals surface area contributed by atoms with Gasteiger partial charge in [-0.2, -0.15) is 5.10 Å². The smallest absolute Gasteiger partial charge is 0.247 e. The number of fused-ring (bicyclic) bond motifs is 1. The lowest BCUT2D eigenvalue weighted by Crippen LogP contribution is -2.49. The zero-order valence-electron chi connectivity index (χ0n) is 18.7. The number of amides is 1.